The van der Waals surface area contributed by atoms with Crippen LogP contribution in [0.1, 0.15) is 102 Å². The van der Waals surface area contributed by atoms with Crippen LogP contribution in [-0.2, 0) is 20.3 Å². The number of unbranched alkanes of at least 4 members (excludes halogenated alkanes) is 11. The summed E-state index contributed by atoms with van der Waals surface area (Å²) in [5.74, 6) is -0.145. The summed E-state index contributed by atoms with van der Waals surface area (Å²) in [5.41, 5.74) is 0.937. The van der Waals surface area contributed by atoms with Crippen LogP contribution >= 0.6 is 30.4 Å². The number of carbonyl (C=O) groups is 1. The maximum Gasteiger partial charge on any atom is 0.220 e. The summed E-state index contributed by atoms with van der Waals surface area (Å²) in [6, 6.07) is 7.14. The number of nitrogens with one attached hydrogen (secondary N) is 1. The fourth-order valence-corrected chi connectivity index (χ4v) is 4.62. The lowest BCUT2D eigenvalue weighted by molar-refractivity contribution is -0.342. The minimum atomic E-state index is -5.09. The van der Waals surface area contributed by atoms with Gasteiger partial charge in [0.05, 0.1) is 20.5 Å². The van der Waals surface area contributed by atoms with Crippen molar-refractivity contribution in [1.29, 1.82) is 0 Å². The molecular weight excluding hydrogens is 576 g/mol. The fraction of sp³-hybridized carbons (Fsp3) is 0.667. The topological polar surface area (TPSA) is 102 Å². The van der Waals surface area contributed by atoms with E-state index in [0.717, 1.165) is 41.2 Å². The third-order valence-electron chi connectivity index (χ3n) is 5.86. The van der Waals surface area contributed by atoms with Crippen LogP contribution in [0.3, 0.4) is 0 Å². The summed E-state index contributed by atoms with van der Waals surface area (Å²) in [6.45, 7) is 1.89. The molecule has 200 valence electrons. The third kappa shape index (κ3) is 20.1. The average Bonchev–Trinajstić information content (AvgIpc) is 2.81. The molecule has 0 radical (unpaired) electrons. The van der Waals surface area contributed by atoms with Gasteiger partial charge in [0.25, 0.3) is 0 Å². The molecule has 1 rings (SSSR count). The molecule has 35 heavy (non-hydrogen) atoms. The van der Waals surface area contributed by atoms with Gasteiger partial charge in [0.15, 0.2) is 0 Å². The Morgan fingerprint density at radius 1 is 0.943 bits per heavy atom. The standard InChI is InChI=1S/C27H45INO5P/c1-2-3-4-5-6-7-8-9-10-11-12-13-14-15-16-17-27(30)29-26(23-34-35(31,32)33)22-24-18-20-25(28)21-19-24/h9-10,18-21,26H,2-8,11-17,22-23H2,1H3,(H,29,30)(H2,31,32,33)/p-2/b10-9-/t26-/m0/s1. The second kappa shape index (κ2) is 20.3. The molecule has 0 saturated carbocycles. The van der Waals surface area contributed by atoms with Gasteiger partial charge >= 0.3 is 0 Å². The number of carbonyl (C=O) groups excluding carboxylic acids is 1. The van der Waals surface area contributed by atoms with E-state index in [-0.39, 0.29) is 12.5 Å². The van der Waals surface area contributed by atoms with Crippen LogP contribution in [0.15, 0.2) is 36.4 Å². The lowest BCUT2D eigenvalue weighted by atomic mass is 10.1. The van der Waals surface area contributed by atoms with E-state index in [1.807, 2.05) is 24.3 Å². The number of amides is 1. The van der Waals surface area contributed by atoms with Crippen LogP contribution in [-0.4, -0.2) is 18.6 Å². The minimum Gasteiger partial charge on any atom is -0.790 e. The Morgan fingerprint density at radius 3 is 2.06 bits per heavy atom. The predicted octanol–water partition coefficient (Wildman–Crippen LogP) is 6.20. The van der Waals surface area contributed by atoms with Crippen molar-refractivity contribution in [3.05, 3.63) is 45.6 Å². The van der Waals surface area contributed by atoms with Gasteiger partial charge in [-0.1, -0.05) is 82.6 Å². The molecule has 0 aliphatic heterocycles. The molecule has 0 heterocycles. The maximum atomic E-state index is 12.4. The Morgan fingerprint density at radius 2 is 1.49 bits per heavy atom. The fourth-order valence-electron chi connectivity index (χ4n) is 3.89. The van der Waals surface area contributed by atoms with Crippen LogP contribution in [0, 0.1) is 3.57 Å². The van der Waals surface area contributed by atoms with E-state index < -0.39 is 13.9 Å². The Kier molecular flexibility index (Phi) is 18.8. The van der Waals surface area contributed by atoms with E-state index in [9.17, 15) is 19.1 Å². The van der Waals surface area contributed by atoms with Gasteiger partial charge in [0, 0.05) is 9.99 Å². The normalized spacial score (nSPS) is 12.8. The van der Waals surface area contributed by atoms with E-state index in [0.29, 0.717) is 12.8 Å². The van der Waals surface area contributed by atoms with Gasteiger partial charge in [-0.3, -0.25) is 4.79 Å². The number of hydrogen-bond donors (Lipinski definition) is 1. The highest BCUT2D eigenvalue weighted by Gasteiger charge is 2.14. The van der Waals surface area contributed by atoms with Gasteiger partial charge in [-0.05, 0) is 78.8 Å². The largest absolute Gasteiger partial charge is 0.790 e. The van der Waals surface area contributed by atoms with Gasteiger partial charge in [-0.2, -0.15) is 0 Å². The number of halogens is 1. The molecule has 1 atom stereocenters. The van der Waals surface area contributed by atoms with Crippen molar-refractivity contribution in [1.82, 2.24) is 5.32 Å². The van der Waals surface area contributed by atoms with E-state index >= 15 is 0 Å². The zero-order valence-electron chi connectivity index (χ0n) is 21.2. The summed E-state index contributed by atoms with van der Waals surface area (Å²) in [7, 11) is -5.09. The summed E-state index contributed by atoms with van der Waals surface area (Å²) in [6.07, 6.45) is 21.0. The van der Waals surface area contributed by atoms with Gasteiger partial charge in [0.1, 0.15) is 0 Å². The zero-order chi connectivity index (χ0) is 25.8. The molecule has 0 saturated heterocycles. The Labute approximate surface area is 226 Å². The van der Waals surface area contributed by atoms with Crippen LogP contribution in [0.25, 0.3) is 0 Å². The quantitative estimate of drug-likeness (QED) is 0.0765. The SMILES string of the molecule is CCCCCCCC/C=C\CCCCCCCC(=O)N[C@H](COP(=O)([O-])[O-])Cc1ccc(I)cc1. The number of rotatable bonds is 21. The monoisotopic (exact) mass is 619 g/mol. The van der Waals surface area contributed by atoms with Crippen molar-refractivity contribution in [2.75, 3.05) is 6.61 Å². The number of phosphoric ester groups is 1. The van der Waals surface area contributed by atoms with Crippen molar-refractivity contribution in [3.63, 3.8) is 0 Å². The molecule has 0 aromatic heterocycles. The Hall–Kier alpha value is -0.730. The first kappa shape index (κ1) is 32.3. The van der Waals surface area contributed by atoms with E-state index in [2.05, 4.69) is 51.5 Å². The molecule has 8 heteroatoms. The Bertz CT molecular complexity index is 750. The smallest absolute Gasteiger partial charge is 0.220 e. The number of allylic oxidation sites excluding steroid dienone is 2. The summed E-state index contributed by atoms with van der Waals surface area (Å²) < 4.78 is 16.4. The second-order valence-corrected chi connectivity index (χ2v) is 11.6. The highest BCUT2D eigenvalue weighted by molar-refractivity contribution is 14.1. The first-order valence-corrected chi connectivity index (χ1v) is 15.7. The molecular formula is C27H43INO5P-2. The third-order valence-corrected chi connectivity index (χ3v) is 7.04. The number of hydrogen-bond acceptors (Lipinski definition) is 5. The lowest BCUT2D eigenvalue weighted by Gasteiger charge is -2.31. The highest BCUT2D eigenvalue weighted by Crippen LogP contribution is 2.25. The summed E-state index contributed by atoms with van der Waals surface area (Å²) >= 11 is 2.20. The molecule has 0 bridgehead atoms. The van der Waals surface area contributed by atoms with Crippen LogP contribution < -0.4 is 15.1 Å². The molecule has 0 unspecified atom stereocenters. The van der Waals surface area contributed by atoms with Crippen molar-refractivity contribution < 1.29 is 23.7 Å². The summed E-state index contributed by atoms with van der Waals surface area (Å²) in [4.78, 5) is 34.1. The predicted molar refractivity (Wildman–Crippen MR) is 148 cm³/mol. The van der Waals surface area contributed by atoms with Crippen molar-refractivity contribution >= 4 is 36.3 Å². The molecule has 1 amide bonds. The first-order chi connectivity index (χ1) is 16.8. The van der Waals surface area contributed by atoms with Gasteiger partial charge < -0.3 is 24.2 Å². The summed E-state index contributed by atoms with van der Waals surface area (Å²) in [5, 5.41) is 2.83. The first-order valence-electron chi connectivity index (χ1n) is 13.2. The highest BCUT2D eigenvalue weighted by atomic mass is 127. The molecule has 0 aliphatic carbocycles. The van der Waals surface area contributed by atoms with Crippen LogP contribution in [0.2, 0.25) is 0 Å². The van der Waals surface area contributed by atoms with E-state index in [1.54, 1.807) is 0 Å². The molecule has 1 aromatic rings. The maximum absolute atomic E-state index is 12.4. The van der Waals surface area contributed by atoms with Crippen LogP contribution in [0.4, 0.5) is 0 Å². The van der Waals surface area contributed by atoms with Crippen molar-refractivity contribution in [3.8, 4) is 0 Å². The molecule has 1 N–H and O–H groups in total. The lowest BCUT2D eigenvalue weighted by Crippen LogP contribution is -2.40. The molecule has 0 fully saturated rings. The second-order valence-electron chi connectivity index (χ2n) is 9.17. The zero-order valence-corrected chi connectivity index (χ0v) is 24.3. The van der Waals surface area contributed by atoms with Gasteiger partial charge in [-0.15, -0.1) is 0 Å². The molecule has 1 aromatic carbocycles. The van der Waals surface area contributed by atoms with E-state index in [4.69, 9.17) is 0 Å². The molecule has 0 aliphatic rings. The minimum absolute atomic E-state index is 0.145. The van der Waals surface area contributed by atoms with Gasteiger partial charge in [0.2, 0.25) is 5.91 Å². The van der Waals surface area contributed by atoms with Crippen molar-refractivity contribution in [2.24, 2.45) is 0 Å². The molecule has 0 spiro atoms. The number of phosphoric acid groups is 1. The van der Waals surface area contributed by atoms with Crippen LogP contribution in [0.5, 0.6) is 0 Å². The average molecular weight is 620 g/mol. The van der Waals surface area contributed by atoms with Gasteiger partial charge in [-0.25, -0.2) is 0 Å². The van der Waals surface area contributed by atoms with Crippen molar-refractivity contribution in [2.45, 2.75) is 109 Å². The Balaban J connectivity index is 2.15. The number of benzene rings is 1. The molecule has 6 nitrogen and oxygen atoms in total. The van der Waals surface area contributed by atoms with E-state index in [1.165, 1.54) is 51.4 Å².